The molecule has 1 unspecified atom stereocenters. The molecule has 0 saturated carbocycles. The van der Waals surface area contributed by atoms with Gasteiger partial charge in [-0.25, -0.2) is 0 Å². The minimum Gasteiger partial charge on any atom is -0.379 e. The Balaban J connectivity index is 1.50. The van der Waals surface area contributed by atoms with Gasteiger partial charge in [-0.2, -0.15) is 0 Å². The summed E-state index contributed by atoms with van der Waals surface area (Å²) in [6.07, 6.45) is 2.64. The number of aryl methyl sites for hydroxylation is 1. The lowest BCUT2D eigenvalue weighted by molar-refractivity contribution is -0.126. The maximum absolute atomic E-state index is 13.3. The van der Waals surface area contributed by atoms with Crippen LogP contribution < -0.4 is 5.32 Å². The highest BCUT2D eigenvalue weighted by Gasteiger charge is 2.31. The Labute approximate surface area is 179 Å². The van der Waals surface area contributed by atoms with Crippen molar-refractivity contribution in [3.8, 4) is 0 Å². The molecule has 0 bridgehead atoms. The number of benzene rings is 1. The Morgan fingerprint density at radius 3 is 2.60 bits per heavy atom. The van der Waals surface area contributed by atoms with E-state index in [0.29, 0.717) is 13.2 Å². The van der Waals surface area contributed by atoms with Crippen LogP contribution in [0, 0.1) is 12.8 Å². The number of nitrogens with one attached hydrogen (secondary N) is 2. The van der Waals surface area contributed by atoms with Crippen molar-refractivity contribution in [2.24, 2.45) is 5.92 Å². The second-order valence-electron chi connectivity index (χ2n) is 8.59. The number of ketones is 1. The van der Waals surface area contributed by atoms with E-state index < -0.39 is 0 Å². The molecule has 2 heterocycles. The van der Waals surface area contributed by atoms with Crippen molar-refractivity contribution in [1.82, 2.24) is 15.2 Å². The Morgan fingerprint density at radius 1 is 1.20 bits per heavy atom. The monoisotopic (exact) mass is 413 g/mol. The maximum Gasteiger partial charge on any atom is 0.223 e. The number of ether oxygens (including phenoxy) is 1. The first-order valence-corrected chi connectivity index (χ1v) is 11.1. The summed E-state index contributed by atoms with van der Waals surface area (Å²) < 4.78 is 5.51. The Bertz CT molecular complexity index is 866. The van der Waals surface area contributed by atoms with Crippen molar-refractivity contribution >= 4 is 22.6 Å². The van der Waals surface area contributed by atoms with Crippen molar-refractivity contribution in [2.45, 2.75) is 59.1 Å². The molecule has 1 aliphatic heterocycles. The van der Waals surface area contributed by atoms with Crippen LogP contribution in [0.25, 0.3) is 10.9 Å². The first-order valence-electron chi connectivity index (χ1n) is 11.1. The number of piperidine rings is 1. The summed E-state index contributed by atoms with van der Waals surface area (Å²) in [6.45, 7) is 10.8. The summed E-state index contributed by atoms with van der Waals surface area (Å²) in [5.41, 5.74) is 2.71. The summed E-state index contributed by atoms with van der Waals surface area (Å²) >= 11 is 0. The van der Waals surface area contributed by atoms with Gasteiger partial charge in [0.15, 0.2) is 5.78 Å². The molecular weight excluding hydrogens is 378 g/mol. The molecule has 2 aromatic rings. The molecule has 0 spiro atoms. The van der Waals surface area contributed by atoms with E-state index in [2.05, 4.69) is 15.2 Å². The summed E-state index contributed by atoms with van der Waals surface area (Å²) in [5, 5.41) is 4.02. The van der Waals surface area contributed by atoms with E-state index in [1.165, 1.54) is 0 Å². The molecule has 1 aliphatic rings. The molecule has 6 nitrogen and oxygen atoms in total. The quantitative estimate of drug-likeness (QED) is 0.486. The third-order valence-corrected chi connectivity index (χ3v) is 6.04. The zero-order valence-corrected chi connectivity index (χ0v) is 18.7. The fourth-order valence-electron chi connectivity index (χ4n) is 4.26. The zero-order chi connectivity index (χ0) is 21.7. The van der Waals surface area contributed by atoms with Crippen LogP contribution in [0.15, 0.2) is 24.3 Å². The Morgan fingerprint density at radius 2 is 1.90 bits per heavy atom. The van der Waals surface area contributed by atoms with Gasteiger partial charge in [-0.3, -0.25) is 14.5 Å². The molecule has 0 aliphatic carbocycles. The normalized spacial score (nSPS) is 16.8. The minimum atomic E-state index is -0.194. The number of carbonyl (C=O) groups excluding carboxylic acids is 2. The molecule has 0 radical (unpaired) electrons. The van der Waals surface area contributed by atoms with Gasteiger partial charge in [-0.1, -0.05) is 18.2 Å². The molecule has 164 valence electrons. The van der Waals surface area contributed by atoms with Gasteiger partial charge in [0.25, 0.3) is 0 Å². The molecule has 1 aromatic heterocycles. The minimum absolute atomic E-state index is 0.0318. The fourth-order valence-corrected chi connectivity index (χ4v) is 4.26. The molecule has 3 rings (SSSR count). The number of rotatable bonds is 9. The van der Waals surface area contributed by atoms with Gasteiger partial charge in [0.2, 0.25) is 5.91 Å². The van der Waals surface area contributed by atoms with E-state index in [9.17, 15) is 9.59 Å². The molecule has 1 aromatic carbocycles. The number of hydrogen-bond acceptors (Lipinski definition) is 4. The molecule has 6 heteroatoms. The van der Waals surface area contributed by atoms with Crippen LogP contribution in [0.2, 0.25) is 0 Å². The number of H-pyrrole nitrogens is 1. The number of hydrogen-bond donors (Lipinski definition) is 2. The van der Waals surface area contributed by atoms with Crippen LogP contribution in [0.4, 0.5) is 0 Å². The standard InChI is InChI=1S/C24H35N3O3/c1-16(2)30-15-7-12-25-24(29)19-10-13-27(14-11-19)18(4)23(28)22-17(3)26-21-9-6-5-8-20(21)22/h5-6,8-9,16,18-19,26H,7,10-15H2,1-4H3,(H,25,29). The largest absolute Gasteiger partial charge is 0.379 e. The van der Waals surface area contributed by atoms with Gasteiger partial charge in [-0.15, -0.1) is 0 Å². The van der Waals surface area contributed by atoms with Gasteiger partial charge in [0.05, 0.1) is 12.1 Å². The van der Waals surface area contributed by atoms with Gasteiger partial charge in [-0.05, 0) is 66.1 Å². The highest BCUT2D eigenvalue weighted by atomic mass is 16.5. The third-order valence-electron chi connectivity index (χ3n) is 6.04. The summed E-state index contributed by atoms with van der Waals surface area (Å²) in [7, 11) is 0. The highest BCUT2D eigenvalue weighted by molar-refractivity contribution is 6.11. The lowest BCUT2D eigenvalue weighted by Crippen LogP contribution is -2.46. The number of likely N-dealkylation sites (tertiary alicyclic amines) is 1. The Hall–Kier alpha value is -2.18. The number of fused-ring (bicyclic) bond motifs is 1. The van der Waals surface area contributed by atoms with Crippen LogP contribution >= 0.6 is 0 Å². The van der Waals surface area contributed by atoms with Crippen molar-refractivity contribution < 1.29 is 14.3 Å². The number of aromatic amines is 1. The van der Waals surface area contributed by atoms with Crippen molar-refractivity contribution in [3.05, 3.63) is 35.5 Å². The molecule has 1 saturated heterocycles. The molecular formula is C24H35N3O3. The predicted molar refractivity (Wildman–Crippen MR) is 120 cm³/mol. The van der Waals surface area contributed by atoms with Gasteiger partial charge >= 0.3 is 0 Å². The van der Waals surface area contributed by atoms with Crippen molar-refractivity contribution in [3.63, 3.8) is 0 Å². The number of nitrogens with zero attached hydrogens (tertiary/aromatic N) is 1. The lowest BCUT2D eigenvalue weighted by Gasteiger charge is -2.34. The van der Waals surface area contributed by atoms with Crippen LogP contribution in [-0.4, -0.2) is 60.0 Å². The lowest BCUT2D eigenvalue weighted by atomic mass is 9.93. The predicted octanol–water partition coefficient (Wildman–Crippen LogP) is 3.69. The number of para-hydroxylation sites is 1. The van der Waals surface area contributed by atoms with E-state index in [1.807, 2.05) is 52.0 Å². The summed E-state index contributed by atoms with van der Waals surface area (Å²) in [6, 6.07) is 7.75. The van der Waals surface area contributed by atoms with Crippen LogP contribution in [0.3, 0.4) is 0 Å². The number of Topliss-reactive ketones (excluding diaryl/α,β-unsaturated/α-hetero) is 1. The molecule has 1 atom stereocenters. The first-order chi connectivity index (χ1) is 14.4. The fraction of sp³-hybridized carbons (Fsp3) is 0.583. The maximum atomic E-state index is 13.3. The van der Waals surface area contributed by atoms with Crippen LogP contribution in [0.5, 0.6) is 0 Å². The van der Waals surface area contributed by atoms with Gasteiger partial charge < -0.3 is 15.0 Å². The van der Waals surface area contributed by atoms with E-state index in [1.54, 1.807) is 0 Å². The summed E-state index contributed by atoms with van der Waals surface area (Å²) in [5.74, 6) is 0.313. The average Bonchev–Trinajstić information content (AvgIpc) is 3.07. The van der Waals surface area contributed by atoms with Crippen LogP contribution in [0.1, 0.15) is 56.1 Å². The van der Waals surface area contributed by atoms with Crippen LogP contribution in [-0.2, 0) is 9.53 Å². The Kier molecular flexibility index (Phi) is 7.67. The van der Waals surface area contributed by atoms with E-state index in [-0.39, 0.29) is 29.8 Å². The van der Waals surface area contributed by atoms with E-state index in [0.717, 1.165) is 54.5 Å². The topological polar surface area (TPSA) is 74.4 Å². The number of carbonyl (C=O) groups is 2. The second kappa shape index (κ2) is 10.2. The van der Waals surface area contributed by atoms with Gasteiger partial charge in [0, 0.05) is 41.2 Å². The number of aromatic nitrogens is 1. The smallest absolute Gasteiger partial charge is 0.223 e. The molecule has 1 fully saturated rings. The molecule has 1 amide bonds. The van der Waals surface area contributed by atoms with E-state index in [4.69, 9.17) is 4.74 Å². The SMILES string of the molecule is Cc1[nH]c2ccccc2c1C(=O)C(C)N1CCC(C(=O)NCCCOC(C)C)CC1. The molecule has 30 heavy (non-hydrogen) atoms. The zero-order valence-electron chi connectivity index (χ0n) is 18.7. The summed E-state index contributed by atoms with van der Waals surface area (Å²) in [4.78, 5) is 31.2. The van der Waals surface area contributed by atoms with Gasteiger partial charge in [0.1, 0.15) is 0 Å². The van der Waals surface area contributed by atoms with Crippen molar-refractivity contribution in [1.29, 1.82) is 0 Å². The second-order valence-corrected chi connectivity index (χ2v) is 8.59. The van der Waals surface area contributed by atoms with Crippen molar-refractivity contribution in [2.75, 3.05) is 26.2 Å². The van der Waals surface area contributed by atoms with E-state index >= 15 is 0 Å². The first kappa shape index (κ1) is 22.5. The molecule has 2 N–H and O–H groups in total. The number of amides is 1. The third kappa shape index (κ3) is 5.29. The average molecular weight is 414 g/mol. The highest BCUT2D eigenvalue weighted by Crippen LogP contribution is 2.26.